The maximum absolute atomic E-state index is 13.0. The van der Waals surface area contributed by atoms with E-state index < -0.39 is 5.82 Å². The monoisotopic (exact) mass is 265 g/mol. The van der Waals surface area contributed by atoms with Gasteiger partial charge in [-0.3, -0.25) is 0 Å². The lowest BCUT2D eigenvalue weighted by Crippen LogP contribution is -2.11. The van der Waals surface area contributed by atoms with Crippen LogP contribution in [0.15, 0.2) is 24.5 Å². The summed E-state index contributed by atoms with van der Waals surface area (Å²) in [5.41, 5.74) is 0.413. The molecular formula is C13H16FN3O2. The minimum Gasteiger partial charge on any atom is -0.485 e. The van der Waals surface area contributed by atoms with Crippen LogP contribution < -0.4 is 4.74 Å². The topological polar surface area (TPSA) is 60.2 Å². The second kappa shape index (κ2) is 5.79. The van der Waals surface area contributed by atoms with Crippen LogP contribution in [0.2, 0.25) is 0 Å². The first kappa shape index (κ1) is 13.5. The van der Waals surface area contributed by atoms with Crippen molar-refractivity contribution in [3.8, 4) is 5.75 Å². The predicted octanol–water partition coefficient (Wildman–Crippen LogP) is 2.07. The Kier molecular flexibility index (Phi) is 4.11. The Bertz CT molecular complexity index is 555. The maximum Gasteiger partial charge on any atom is 0.165 e. The van der Waals surface area contributed by atoms with E-state index in [1.165, 1.54) is 24.5 Å². The SMILES string of the molecule is CC(C)n1ncnc1COc1ccc(F)cc1CO. The molecule has 0 unspecified atom stereocenters. The highest BCUT2D eigenvalue weighted by Gasteiger charge is 2.10. The van der Waals surface area contributed by atoms with E-state index in [2.05, 4.69) is 10.1 Å². The van der Waals surface area contributed by atoms with Gasteiger partial charge in [0.15, 0.2) is 5.82 Å². The van der Waals surface area contributed by atoms with Gasteiger partial charge in [-0.1, -0.05) is 0 Å². The van der Waals surface area contributed by atoms with Crippen molar-refractivity contribution in [1.82, 2.24) is 14.8 Å². The lowest BCUT2D eigenvalue weighted by atomic mass is 10.2. The first-order chi connectivity index (χ1) is 9.11. The molecule has 19 heavy (non-hydrogen) atoms. The number of benzene rings is 1. The number of hydrogen-bond acceptors (Lipinski definition) is 4. The Hall–Kier alpha value is -1.95. The fourth-order valence-electron chi connectivity index (χ4n) is 1.76. The van der Waals surface area contributed by atoms with Crippen molar-refractivity contribution < 1.29 is 14.2 Å². The van der Waals surface area contributed by atoms with Gasteiger partial charge >= 0.3 is 0 Å². The van der Waals surface area contributed by atoms with Gasteiger partial charge in [0.2, 0.25) is 0 Å². The van der Waals surface area contributed by atoms with Crippen LogP contribution in [-0.4, -0.2) is 19.9 Å². The molecule has 0 saturated carbocycles. The molecule has 0 aliphatic rings. The highest BCUT2D eigenvalue weighted by Crippen LogP contribution is 2.21. The summed E-state index contributed by atoms with van der Waals surface area (Å²) in [6.45, 7) is 3.94. The summed E-state index contributed by atoms with van der Waals surface area (Å²) in [5.74, 6) is 0.729. The fourth-order valence-corrected chi connectivity index (χ4v) is 1.76. The summed E-state index contributed by atoms with van der Waals surface area (Å²) in [4.78, 5) is 4.12. The van der Waals surface area contributed by atoms with Crippen molar-refractivity contribution in [2.75, 3.05) is 0 Å². The Balaban J connectivity index is 2.12. The van der Waals surface area contributed by atoms with Gasteiger partial charge in [-0.25, -0.2) is 14.1 Å². The second-order valence-corrected chi connectivity index (χ2v) is 4.41. The molecule has 0 atom stereocenters. The number of aromatic nitrogens is 3. The molecule has 1 aromatic heterocycles. The molecule has 1 N–H and O–H groups in total. The third kappa shape index (κ3) is 3.08. The largest absolute Gasteiger partial charge is 0.485 e. The number of rotatable bonds is 5. The Labute approximate surface area is 110 Å². The molecule has 0 radical (unpaired) electrons. The van der Waals surface area contributed by atoms with Crippen molar-refractivity contribution in [3.05, 3.63) is 41.7 Å². The van der Waals surface area contributed by atoms with Crippen LogP contribution in [0.3, 0.4) is 0 Å². The van der Waals surface area contributed by atoms with Crippen molar-refractivity contribution in [3.63, 3.8) is 0 Å². The molecule has 0 aliphatic heterocycles. The van der Waals surface area contributed by atoms with Crippen LogP contribution in [0.5, 0.6) is 5.75 Å². The third-order valence-corrected chi connectivity index (χ3v) is 2.69. The lowest BCUT2D eigenvalue weighted by molar-refractivity contribution is 0.250. The number of aliphatic hydroxyl groups is 1. The molecule has 0 spiro atoms. The minimum absolute atomic E-state index is 0.187. The normalized spacial score (nSPS) is 11.0. The summed E-state index contributed by atoms with van der Waals surface area (Å²) in [5, 5.41) is 13.3. The van der Waals surface area contributed by atoms with Crippen LogP contribution in [0.25, 0.3) is 0 Å². The molecular weight excluding hydrogens is 249 g/mol. The van der Waals surface area contributed by atoms with Gasteiger partial charge in [-0.2, -0.15) is 5.10 Å². The van der Waals surface area contributed by atoms with Crippen molar-refractivity contribution in [2.45, 2.75) is 33.1 Å². The summed E-state index contributed by atoms with van der Waals surface area (Å²) >= 11 is 0. The van der Waals surface area contributed by atoms with Crippen molar-refractivity contribution in [2.24, 2.45) is 0 Å². The zero-order chi connectivity index (χ0) is 13.8. The van der Waals surface area contributed by atoms with Gasteiger partial charge in [-0.15, -0.1) is 0 Å². The van der Waals surface area contributed by atoms with Crippen LogP contribution in [-0.2, 0) is 13.2 Å². The average Bonchev–Trinajstić information content (AvgIpc) is 2.85. The van der Waals surface area contributed by atoms with E-state index >= 15 is 0 Å². The lowest BCUT2D eigenvalue weighted by Gasteiger charge is -2.12. The van der Waals surface area contributed by atoms with Gasteiger partial charge < -0.3 is 9.84 Å². The second-order valence-electron chi connectivity index (χ2n) is 4.41. The van der Waals surface area contributed by atoms with E-state index in [4.69, 9.17) is 9.84 Å². The van der Waals surface area contributed by atoms with Crippen LogP contribution in [0.4, 0.5) is 4.39 Å². The molecule has 1 heterocycles. The first-order valence-electron chi connectivity index (χ1n) is 6.02. The molecule has 102 valence electrons. The van der Waals surface area contributed by atoms with E-state index in [9.17, 15) is 4.39 Å². The van der Waals surface area contributed by atoms with Crippen molar-refractivity contribution >= 4 is 0 Å². The Morgan fingerprint density at radius 1 is 1.42 bits per heavy atom. The molecule has 0 saturated heterocycles. The maximum atomic E-state index is 13.0. The fraction of sp³-hybridized carbons (Fsp3) is 0.385. The number of aliphatic hydroxyl groups excluding tert-OH is 1. The molecule has 2 rings (SSSR count). The third-order valence-electron chi connectivity index (χ3n) is 2.69. The van der Waals surface area contributed by atoms with Crippen LogP contribution >= 0.6 is 0 Å². The van der Waals surface area contributed by atoms with E-state index in [0.29, 0.717) is 17.1 Å². The molecule has 0 fully saturated rings. The van der Waals surface area contributed by atoms with Gasteiger partial charge in [0.05, 0.1) is 6.61 Å². The number of hydrogen-bond donors (Lipinski definition) is 1. The average molecular weight is 265 g/mol. The summed E-state index contributed by atoms with van der Waals surface area (Å²) < 4.78 is 20.3. The van der Waals surface area contributed by atoms with E-state index in [1.807, 2.05) is 13.8 Å². The molecule has 0 amide bonds. The molecule has 6 heteroatoms. The van der Waals surface area contributed by atoms with Crippen LogP contribution in [0.1, 0.15) is 31.3 Å². The summed E-state index contributed by atoms with van der Waals surface area (Å²) in [7, 11) is 0. The summed E-state index contributed by atoms with van der Waals surface area (Å²) in [6, 6.07) is 4.23. The first-order valence-corrected chi connectivity index (χ1v) is 6.02. The summed E-state index contributed by atoms with van der Waals surface area (Å²) in [6.07, 6.45) is 1.47. The van der Waals surface area contributed by atoms with Gasteiger partial charge in [-0.05, 0) is 32.0 Å². The quantitative estimate of drug-likeness (QED) is 0.899. The van der Waals surface area contributed by atoms with Crippen molar-refractivity contribution in [1.29, 1.82) is 0 Å². The Morgan fingerprint density at radius 3 is 2.89 bits per heavy atom. The van der Waals surface area contributed by atoms with E-state index in [1.54, 1.807) is 4.68 Å². The zero-order valence-corrected chi connectivity index (χ0v) is 10.9. The molecule has 0 bridgehead atoms. The number of nitrogens with zero attached hydrogens (tertiary/aromatic N) is 3. The molecule has 1 aromatic carbocycles. The predicted molar refractivity (Wildman–Crippen MR) is 67.1 cm³/mol. The molecule has 0 aliphatic carbocycles. The van der Waals surface area contributed by atoms with Crippen LogP contribution in [0, 0.1) is 5.82 Å². The Morgan fingerprint density at radius 2 is 2.21 bits per heavy atom. The highest BCUT2D eigenvalue weighted by atomic mass is 19.1. The van der Waals surface area contributed by atoms with Gasteiger partial charge in [0.1, 0.15) is 24.5 Å². The van der Waals surface area contributed by atoms with Gasteiger partial charge in [0, 0.05) is 11.6 Å². The standard InChI is InChI=1S/C13H16FN3O2/c1-9(2)17-13(15-8-16-17)7-19-12-4-3-11(14)5-10(12)6-18/h3-5,8-9,18H,6-7H2,1-2H3. The highest BCUT2D eigenvalue weighted by molar-refractivity contribution is 5.33. The smallest absolute Gasteiger partial charge is 0.165 e. The van der Waals surface area contributed by atoms with Gasteiger partial charge in [0.25, 0.3) is 0 Å². The molecule has 5 nitrogen and oxygen atoms in total. The minimum atomic E-state index is -0.401. The number of ether oxygens (including phenoxy) is 1. The number of halogens is 1. The molecule has 2 aromatic rings. The zero-order valence-electron chi connectivity index (χ0n) is 10.9. The van der Waals surface area contributed by atoms with E-state index in [0.717, 1.165) is 0 Å². The van der Waals surface area contributed by atoms with E-state index in [-0.39, 0.29) is 19.3 Å².